The fourth-order valence-corrected chi connectivity index (χ4v) is 5.14. The van der Waals surface area contributed by atoms with Gasteiger partial charge in [0, 0.05) is 51.5 Å². The Bertz CT molecular complexity index is 987. The monoisotopic (exact) mass is 440 g/mol. The van der Waals surface area contributed by atoms with E-state index in [-0.39, 0.29) is 23.8 Å². The van der Waals surface area contributed by atoms with Crippen LogP contribution in [-0.4, -0.2) is 69.8 Å². The van der Waals surface area contributed by atoms with Crippen LogP contribution < -0.4 is 0 Å². The lowest BCUT2D eigenvalue weighted by molar-refractivity contribution is -0.144. The maximum Gasteiger partial charge on any atom is 0.267 e. The van der Waals surface area contributed by atoms with Crippen molar-refractivity contribution in [1.82, 2.24) is 24.8 Å². The molecule has 0 spiro atoms. The second-order valence-corrected chi connectivity index (χ2v) is 8.73. The number of fused-ring (bicyclic) bond motifs is 5. The number of amidine groups is 1. The molecule has 4 heterocycles. The summed E-state index contributed by atoms with van der Waals surface area (Å²) in [4.78, 5) is 27.2. The predicted molar refractivity (Wildman–Crippen MR) is 123 cm³/mol. The number of pyridine rings is 1. The summed E-state index contributed by atoms with van der Waals surface area (Å²) >= 11 is 0. The molecule has 0 unspecified atom stereocenters. The number of halogens is 1. The highest BCUT2D eigenvalue weighted by Gasteiger charge is 2.34. The standard InChI is InChI=1S/C24H33FN6O/c1-6-18-23-27-22(10-12-28(23)4)30-11-8-9-21(30)19-14-17(25)15-26-20(19)13-16(3)31(7-2)29(5)24(18)32/h10,12,14-16,21H,6-9,11,13H2,1-5H3/b23-18+/t16-,21+/m0/s1. The van der Waals surface area contributed by atoms with Gasteiger partial charge in [0.25, 0.3) is 5.91 Å². The van der Waals surface area contributed by atoms with Gasteiger partial charge in [0.15, 0.2) is 0 Å². The van der Waals surface area contributed by atoms with Gasteiger partial charge >= 0.3 is 0 Å². The Morgan fingerprint density at radius 3 is 2.75 bits per heavy atom. The van der Waals surface area contributed by atoms with Crippen molar-refractivity contribution in [1.29, 1.82) is 0 Å². The maximum atomic E-state index is 14.3. The zero-order valence-electron chi connectivity index (χ0n) is 19.7. The topological polar surface area (TPSA) is 55.3 Å². The Kier molecular flexibility index (Phi) is 6.33. The zero-order valence-corrected chi connectivity index (χ0v) is 19.7. The largest absolute Gasteiger partial charge is 0.349 e. The third kappa shape index (κ3) is 3.92. The van der Waals surface area contributed by atoms with Crippen molar-refractivity contribution in [3.8, 4) is 0 Å². The van der Waals surface area contributed by atoms with Crippen LogP contribution in [0.4, 0.5) is 4.39 Å². The minimum Gasteiger partial charge on any atom is -0.349 e. The summed E-state index contributed by atoms with van der Waals surface area (Å²) in [6, 6.07) is 1.67. The van der Waals surface area contributed by atoms with Gasteiger partial charge in [-0.1, -0.05) is 13.8 Å². The molecule has 7 nitrogen and oxygen atoms in total. The van der Waals surface area contributed by atoms with Crippen LogP contribution in [0.2, 0.25) is 0 Å². The van der Waals surface area contributed by atoms with Crippen LogP contribution >= 0.6 is 0 Å². The third-order valence-electron chi connectivity index (χ3n) is 6.76. The van der Waals surface area contributed by atoms with Gasteiger partial charge in [-0.05, 0) is 43.9 Å². The van der Waals surface area contributed by atoms with E-state index < -0.39 is 0 Å². The van der Waals surface area contributed by atoms with Crippen molar-refractivity contribution in [2.45, 2.75) is 58.5 Å². The van der Waals surface area contributed by atoms with Crippen LogP contribution in [0.5, 0.6) is 0 Å². The zero-order chi connectivity index (χ0) is 23.0. The number of rotatable bonds is 2. The first-order chi connectivity index (χ1) is 15.3. The summed E-state index contributed by atoms with van der Waals surface area (Å²) in [7, 11) is 3.74. The summed E-state index contributed by atoms with van der Waals surface area (Å²) in [5.41, 5.74) is 2.49. The number of hydrazine groups is 1. The van der Waals surface area contributed by atoms with Crippen LogP contribution in [0.25, 0.3) is 0 Å². The number of likely N-dealkylation sites (N-methyl/N-ethyl adjacent to an activating group) is 2. The van der Waals surface area contributed by atoms with E-state index in [4.69, 9.17) is 4.99 Å². The van der Waals surface area contributed by atoms with Gasteiger partial charge in [-0.15, -0.1) is 0 Å². The second-order valence-electron chi connectivity index (χ2n) is 8.73. The highest BCUT2D eigenvalue weighted by atomic mass is 19.1. The van der Waals surface area contributed by atoms with E-state index in [0.29, 0.717) is 30.8 Å². The summed E-state index contributed by atoms with van der Waals surface area (Å²) in [5.74, 6) is 1.12. The molecule has 2 atom stereocenters. The number of amides is 1. The van der Waals surface area contributed by atoms with E-state index in [1.54, 1.807) is 11.1 Å². The Labute approximate surface area is 189 Å². The summed E-state index contributed by atoms with van der Waals surface area (Å²) in [6.07, 6.45) is 8.38. The van der Waals surface area contributed by atoms with Crippen LogP contribution in [-0.2, 0) is 11.2 Å². The summed E-state index contributed by atoms with van der Waals surface area (Å²) in [6.45, 7) is 7.64. The first kappa shape index (κ1) is 22.5. The van der Waals surface area contributed by atoms with Gasteiger partial charge in [-0.2, -0.15) is 0 Å². The van der Waals surface area contributed by atoms with E-state index in [9.17, 15) is 9.18 Å². The number of carbonyl (C=O) groups is 1. The molecule has 8 heteroatoms. The van der Waals surface area contributed by atoms with Crippen LogP contribution in [0.15, 0.2) is 40.9 Å². The number of hydrogen-bond donors (Lipinski definition) is 0. The predicted octanol–water partition coefficient (Wildman–Crippen LogP) is 3.48. The number of hydrogen-bond acceptors (Lipinski definition) is 6. The number of aromatic nitrogens is 1. The molecule has 4 rings (SSSR count). The number of carbonyl (C=O) groups excluding carboxylic acids is 1. The van der Waals surface area contributed by atoms with Gasteiger partial charge in [0.05, 0.1) is 17.8 Å². The van der Waals surface area contributed by atoms with Crippen LogP contribution in [0.1, 0.15) is 57.3 Å². The minimum absolute atomic E-state index is 0.0165. The van der Waals surface area contributed by atoms with Gasteiger partial charge in [0.2, 0.25) is 0 Å². The molecule has 3 aliphatic heterocycles. The van der Waals surface area contributed by atoms with Crippen molar-refractivity contribution in [2.75, 3.05) is 27.2 Å². The molecule has 0 aromatic carbocycles. The summed E-state index contributed by atoms with van der Waals surface area (Å²) in [5, 5.41) is 3.76. The Morgan fingerprint density at radius 2 is 2.03 bits per heavy atom. The maximum absolute atomic E-state index is 14.3. The quantitative estimate of drug-likeness (QED) is 0.705. The molecule has 2 bridgehead atoms. The average molecular weight is 441 g/mol. The molecule has 0 N–H and O–H groups in total. The molecular weight excluding hydrogens is 407 g/mol. The van der Waals surface area contributed by atoms with Gasteiger partial charge in [-0.3, -0.25) is 14.8 Å². The first-order valence-corrected chi connectivity index (χ1v) is 11.5. The number of nitrogens with zero attached hydrogens (tertiary/aromatic N) is 6. The van der Waals surface area contributed by atoms with E-state index in [2.05, 4.69) is 21.8 Å². The average Bonchev–Trinajstić information content (AvgIpc) is 3.26. The molecular formula is C24H33FN6O. The smallest absolute Gasteiger partial charge is 0.267 e. The third-order valence-corrected chi connectivity index (χ3v) is 6.76. The number of aliphatic imine (C=N–C) groups is 1. The molecule has 32 heavy (non-hydrogen) atoms. The van der Waals surface area contributed by atoms with Gasteiger partial charge in [-0.25, -0.2) is 14.4 Å². The molecule has 1 amide bonds. The van der Waals surface area contributed by atoms with Crippen LogP contribution in [0, 0.1) is 5.82 Å². The lowest BCUT2D eigenvalue weighted by atomic mass is 9.98. The highest BCUT2D eigenvalue weighted by molar-refractivity contribution is 5.98. The minimum atomic E-state index is -0.318. The van der Waals surface area contributed by atoms with Gasteiger partial charge in [0.1, 0.15) is 17.5 Å². The fourth-order valence-electron chi connectivity index (χ4n) is 5.14. The first-order valence-electron chi connectivity index (χ1n) is 11.5. The van der Waals surface area contributed by atoms with Crippen LogP contribution in [0.3, 0.4) is 0 Å². The van der Waals surface area contributed by atoms with Crippen molar-refractivity contribution in [3.05, 3.63) is 53.0 Å². The molecule has 1 saturated heterocycles. The second kappa shape index (κ2) is 9.02. The summed E-state index contributed by atoms with van der Waals surface area (Å²) < 4.78 is 14.3. The van der Waals surface area contributed by atoms with E-state index in [0.717, 1.165) is 36.5 Å². The molecule has 0 saturated carbocycles. The van der Waals surface area contributed by atoms with E-state index in [1.165, 1.54) is 6.20 Å². The molecule has 1 aromatic rings. The van der Waals surface area contributed by atoms with E-state index >= 15 is 0 Å². The SMILES string of the molecule is CC/C1=C2/N=C(C=CN2C)N2CCC[C@@H]2c2cc(F)cnc2C[C@H](C)N(CC)N(C)C1=O. The molecule has 0 radical (unpaired) electrons. The molecule has 1 fully saturated rings. The Morgan fingerprint density at radius 1 is 1.25 bits per heavy atom. The van der Waals surface area contributed by atoms with Gasteiger partial charge < -0.3 is 9.80 Å². The Hall–Kier alpha value is -2.74. The molecule has 3 aliphatic rings. The molecule has 1 aromatic heterocycles. The van der Waals surface area contributed by atoms with Crippen molar-refractivity contribution >= 4 is 11.7 Å². The van der Waals surface area contributed by atoms with E-state index in [1.807, 2.05) is 45.1 Å². The van der Waals surface area contributed by atoms with Crippen molar-refractivity contribution in [3.63, 3.8) is 0 Å². The van der Waals surface area contributed by atoms with Crippen molar-refractivity contribution in [2.24, 2.45) is 4.99 Å². The molecule has 0 aliphatic carbocycles. The lowest BCUT2D eigenvalue weighted by Gasteiger charge is -2.37. The highest BCUT2D eigenvalue weighted by Crippen LogP contribution is 2.36. The Balaban J connectivity index is 1.92. The lowest BCUT2D eigenvalue weighted by Crippen LogP contribution is -2.50. The normalized spacial score (nSPS) is 26.9. The van der Waals surface area contributed by atoms with Crippen molar-refractivity contribution < 1.29 is 9.18 Å². The fraction of sp³-hybridized carbons (Fsp3) is 0.542. The molecule has 172 valence electrons.